The van der Waals surface area contributed by atoms with E-state index in [9.17, 15) is 9.18 Å². The summed E-state index contributed by atoms with van der Waals surface area (Å²) in [7, 11) is 1.69. The highest BCUT2D eigenvalue weighted by Gasteiger charge is 2.22. The number of aryl methyl sites for hydroxylation is 1. The van der Waals surface area contributed by atoms with E-state index in [-0.39, 0.29) is 17.8 Å². The topological polar surface area (TPSA) is 44.1 Å². The molecular weight excluding hydrogens is 271 g/mol. The molecule has 112 valence electrons. The number of rotatable bonds is 3. The normalized spacial score (nSPS) is 11.5. The first kappa shape index (κ1) is 15.2. The molecule has 2 rings (SSSR count). The molecule has 0 radical (unpaired) electrons. The molecule has 0 unspecified atom stereocenters. The van der Waals surface area contributed by atoms with Crippen LogP contribution in [-0.4, -0.2) is 15.7 Å². The van der Waals surface area contributed by atoms with E-state index in [4.69, 9.17) is 4.74 Å². The van der Waals surface area contributed by atoms with Crippen LogP contribution in [0.25, 0.3) is 0 Å². The Labute approximate surface area is 123 Å². The Morgan fingerprint density at radius 3 is 2.57 bits per heavy atom. The lowest BCUT2D eigenvalue weighted by Gasteiger charge is -2.13. The molecule has 1 aromatic heterocycles. The second-order valence-corrected chi connectivity index (χ2v) is 5.96. The summed E-state index contributed by atoms with van der Waals surface area (Å²) in [5.41, 5.74) is 1.37. The van der Waals surface area contributed by atoms with Gasteiger partial charge in [0.25, 0.3) is 0 Å². The SMILES string of the molecule is Cn1nc(C(C)(C)C)cc1C(=O)OCc1ccccc1F. The summed E-state index contributed by atoms with van der Waals surface area (Å²) in [5.74, 6) is -0.894. The fourth-order valence-corrected chi connectivity index (χ4v) is 1.86. The largest absolute Gasteiger partial charge is 0.456 e. The van der Waals surface area contributed by atoms with Gasteiger partial charge in [0.1, 0.15) is 18.1 Å². The summed E-state index contributed by atoms with van der Waals surface area (Å²) in [6, 6.07) is 7.94. The smallest absolute Gasteiger partial charge is 0.356 e. The van der Waals surface area contributed by atoms with Crippen molar-refractivity contribution in [2.24, 2.45) is 7.05 Å². The summed E-state index contributed by atoms with van der Waals surface area (Å²) in [4.78, 5) is 12.1. The number of carbonyl (C=O) groups is 1. The highest BCUT2D eigenvalue weighted by atomic mass is 19.1. The van der Waals surface area contributed by atoms with Crippen molar-refractivity contribution in [3.63, 3.8) is 0 Å². The first-order chi connectivity index (χ1) is 9.79. The minimum absolute atomic E-state index is 0.0957. The second-order valence-electron chi connectivity index (χ2n) is 5.96. The van der Waals surface area contributed by atoms with Gasteiger partial charge in [0.2, 0.25) is 0 Å². The molecule has 0 aliphatic carbocycles. The maximum atomic E-state index is 13.5. The average molecular weight is 290 g/mol. The Kier molecular flexibility index (Phi) is 4.11. The van der Waals surface area contributed by atoms with E-state index in [1.54, 1.807) is 31.3 Å². The molecule has 0 fully saturated rings. The fraction of sp³-hybridized carbons (Fsp3) is 0.375. The highest BCUT2D eigenvalue weighted by molar-refractivity contribution is 5.87. The van der Waals surface area contributed by atoms with E-state index in [2.05, 4.69) is 5.10 Å². The lowest BCUT2D eigenvalue weighted by Crippen LogP contribution is -2.12. The van der Waals surface area contributed by atoms with Crippen LogP contribution in [0.15, 0.2) is 30.3 Å². The van der Waals surface area contributed by atoms with Gasteiger partial charge < -0.3 is 4.74 Å². The van der Waals surface area contributed by atoms with E-state index in [0.29, 0.717) is 11.3 Å². The maximum absolute atomic E-state index is 13.5. The second kappa shape index (κ2) is 5.68. The predicted molar refractivity (Wildman–Crippen MR) is 77.4 cm³/mol. The van der Waals surface area contributed by atoms with Crippen LogP contribution < -0.4 is 0 Å². The van der Waals surface area contributed by atoms with Gasteiger partial charge in [-0.15, -0.1) is 0 Å². The summed E-state index contributed by atoms with van der Waals surface area (Å²) >= 11 is 0. The van der Waals surface area contributed by atoms with Gasteiger partial charge in [-0.25, -0.2) is 9.18 Å². The van der Waals surface area contributed by atoms with Crippen molar-refractivity contribution in [3.8, 4) is 0 Å². The number of carbonyl (C=O) groups excluding carboxylic acids is 1. The summed E-state index contributed by atoms with van der Waals surface area (Å²) in [6.45, 7) is 5.96. The van der Waals surface area contributed by atoms with Gasteiger partial charge in [-0.2, -0.15) is 5.10 Å². The van der Waals surface area contributed by atoms with Crippen molar-refractivity contribution in [1.29, 1.82) is 0 Å². The summed E-state index contributed by atoms with van der Waals surface area (Å²) in [5, 5.41) is 4.32. The molecule has 0 saturated carbocycles. The molecule has 5 heteroatoms. The third kappa shape index (κ3) is 3.48. The Morgan fingerprint density at radius 1 is 1.33 bits per heavy atom. The molecule has 0 N–H and O–H groups in total. The van der Waals surface area contributed by atoms with Crippen LogP contribution in [0.4, 0.5) is 4.39 Å². The van der Waals surface area contributed by atoms with E-state index < -0.39 is 5.97 Å². The van der Waals surface area contributed by atoms with Crippen LogP contribution in [0.3, 0.4) is 0 Å². The van der Waals surface area contributed by atoms with Crippen LogP contribution in [0.2, 0.25) is 0 Å². The van der Waals surface area contributed by atoms with E-state index in [1.165, 1.54) is 10.7 Å². The molecule has 1 aromatic carbocycles. The first-order valence-electron chi connectivity index (χ1n) is 6.74. The van der Waals surface area contributed by atoms with Crippen molar-refractivity contribution in [3.05, 3.63) is 53.1 Å². The molecular formula is C16H19FN2O2. The van der Waals surface area contributed by atoms with Crippen LogP contribution >= 0.6 is 0 Å². The number of halogens is 1. The zero-order valence-electron chi connectivity index (χ0n) is 12.7. The predicted octanol–water partition coefficient (Wildman–Crippen LogP) is 3.21. The van der Waals surface area contributed by atoms with Crippen molar-refractivity contribution in [2.45, 2.75) is 32.8 Å². The minimum atomic E-state index is -0.510. The van der Waals surface area contributed by atoms with Crippen LogP contribution in [0.5, 0.6) is 0 Å². The standard InChI is InChI=1S/C16H19FN2O2/c1-16(2,3)14-9-13(19(4)18-14)15(20)21-10-11-7-5-6-8-12(11)17/h5-9H,10H2,1-4H3. The number of nitrogens with zero attached hydrogens (tertiary/aromatic N) is 2. The summed E-state index contributed by atoms with van der Waals surface area (Å²) < 4.78 is 20.1. The molecule has 0 aliphatic heterocycles. The molecule has 0 bridgehead atoms. The van der Waals surface area contributed by atoms with E-state index in [1.807, 2.05) is 20.8 Å². The molecule has 21 heavy (non-hydrogen) atoms. The van der Waals surface area contributed by atoms with Crippen molar-refractivity contribution < 1.29 is 13.9 Å². The molecule has 1 heterocycles. The van der Waals surface area contributed by atoms with Crippen molar-refractivity contribution >= 4 is 5.97 Å². The molecule has 0 spiro atoms. The van der Waals surface area contributed by atoms with Crippen LogP contribution in [-0.2, 0) is 23.8 Å². The molecule has 2 aromatic rings. The zero-order valence-corrected chi connectivity index (χ0v) is 12.7. The first-order valence-corrected chi connectivity index (χ1v) is 6.74. The lowest BCUT2D eigenvalue weighted by molar-refractivity contribution is 0.0456. The molecule has 4 nitrogen and oxygen atoms in total. The Balaban J connectivity index is 2.11. The van der Waals surface area contributed by atoms with Gasteiger partial charge in [-0.3, -0.25) is 4.68 Å². The summed E-state index contributed by atoms with van der Waals surface area (Å²) in [6.07, 6.45) is 0. The number of esters is 1. The molecule has 0 aliphatic rings. The minimum Gasteiger partial charge on any atom is -0.456 e. The van der Waals surface area contributed by atoms with Crippen LogP contribution in [0, 0.1) is 5.82 Å². The highest BCUT2D eigenvalue weighted by Crippen LogP contribution is 2.21. The number of benzene rings is 1. The van der Waals surface area contributed by atoms with Gasteiger partial charge in [0, 0.05) is 18.0 Å². The fourth-order valence-electron chi connectivity index (χ4n) is 1.86. The molecule has 0 amide bonds. The lowest BCUT2D eigenvalue weighted by atomic mass is 9.92. The molecule has 0 saturated heterocycles. The van der Waals surface area contributed by atoms with Crippen molar-refractivity contribution in [2.75, 3.05) is 0 Å². The number of ether oxygens (including phenoxy) is 1. The van der Waals surface area contributed by atoms with Gasteiger partial charge >= 0.3 is 5.97 Å². The van der Waals surface area contributed by atoms with Gasteiger partial charge in [-0.05, 0) is 12.1 Å². The number of hydrogen-bond donors (Lipinski definition) is 0. The van der Waals surface area contributed by atoms with Gasteiger partial charge in [0.15, 0.2) is 0 Å². The maximum Gasteiger partial charge on any atom is 0.356 e. The third-order valence-electron chi connectivity index (χ3n) is 3.17. The van der Waals surface area contributed by atoms with E-state index >= 15 is 0 Å². The van der Waals surface area contributed by atoms with E-state index in [0.717, 1.165) is 5.69 Å². The number of hydrogen-bond acceptors (Lipinski definition) is 3. The Morgan fingerprint density at radius 2 is 2.00 bits per heavy atom. The monoisotopic (exact) mass is 290 g/mol. The Hall–Kier alpha value is -2.17. The molecule has 0 atom stereocenters. The van der Waals surface area contributed by atoms with Gasteiger partial charge in [-0.1, -0.05) is 39.0 Å². The zero-order chi connectivity index (χ0) is 15.6. The van der Waals surface area contributed by atoms with Gasteiger partial charge in [0.05, 0.1) is 5.69 Å². The quantitative estimate of drug-likeness (QED) is 0.815. The van der Waals surface area contributed by atoms with Crippen molar-refractivity contribution in [1.82, 2.24) is 9.78 Å². The Bertz CT molecular complexity index is 657. The average Bonchev–Trinajstić information content (AvgIpc) is 2.80. The third-order valence-corrected chi connectivity index (χ3v) is 3.17. The number of aromatic nitrogens is 2. The van der Waals surface area contributed by atoms with Crippen LogP contribution in [0.1, 0.15) is 42.5 Å².